The van der Waals surface area contributed by atoms with Gasteiger partial charge in [0, 0.05) is 13.2 Å². The minimum Gasteiger partial charge on any atom is -0.365 e. The zero-order valence-electron chi connectivity index (χ0n) is 7.30. The van der Waals surface area contributed by atoms with E-state index < -0.39 is 18.5 Å². The van der Waals surface area contributed by atoms with Gasteiger partial charge in [-0.05, 0) is 0 Å². The molecule has 0 radical (unpaired) electrons. The first-order chi connectivity index (χ1) is 6.29. The monoisotopic (exact) mass is 207 g/mol. The van der Waals surface area contributed by atoms with Crippen LogP contribution in [0.15, 0.2) is 6.20 Å². The Hall–Kier alpha value is -1.53. The highest BCUT2D eigenvalue weighted by Gasteiger charge is 2.31. The Labute approximate surface area is 77.5 Å². The van der Waals surface area contributed by atoms with Crippen molar-refractivity contribution in [1.29, 1.82) is 0 Å². The number of aromatic nitrogens is 2. The van der Waals surface area contributed by atoms with Gasteiger partial charge in [-0.2, -0.15) is 18.3 Å². The highest BCUT2D eigenvalue weighted by molar-refractivity contribution is 5.93. The van der Waals surface area contributed by atoms with E-state index in [1.165, 1.54) is 13.2 Å². The van der Waals surface area contributed by atoms with Crippen LogP contribution in [0.2, 0.25) is 0 Å². The Kier molecular flexibility index (Phi) is 2.50. The van der Waals surface area contributed by atoms with Crippen LogP contribution in [0.25, 0.3) is 0 Å². The lowest BCUT2D eigenvalue weighted by molar-refractivity contribution is -0.127. The van der Waals surface area contributed by atoms with Gasteiger partial charge < -0.3 is 5.73 Å². The maximum absolute atomic E-state index is 12.0. The minimum atomic E-state index is -4.39. The van der Waals surface area contributed by atoms with Crippen LogP contribution in [0, 0.1) is 0 Å². The predicted molar refractivity (Wildman–Crippen MR) is 41.5 cm³/mol. The van der Waals surface area contributed by atoms with Crippen molar-refractivity contribution in [3.05, 3.63) is 17.5 Å². The van der Waals surface area contributed by atoms with Gasteiger partial charge in [0.25, 0.3) is 5.91 Å². The molecule has 1 rings (SSSR count). The number of hydrogen-bond donors (Lipinski definition) is 1. The van der Waals surface area contributed by atoms with Gasteiger partial charge in [0.1, 0.15) is 0 Å². The van der Waals surface area contributed by atoms with Crippen LogP contribution in [0.3, 0.4) is 0 Å². The molecule has 1 aromatic rings. The number of carbonyl (C=O) groups is 1. The largest absolute Gasteiger partial charge is 0.394 e. The van der Waals surface area contributed by atoms with Gasteiger partial charge in [0.05, 0.1) is 17.7 Å². The van der Waals surface area contributed by atoms with E-state index >= 15 is 0 Å². The number of alkyl halides is 3. The smallest absolute Gasteiger partial charge is 0.365 e. The second kappa shape index (κ2) is 3.32. The number of primary amides is 1. The number of rotatable bonds is 2. The van der Waals surface area contributed by atoms with Crippen LogP contribution in [0.4, 0.5) is 13.2 Å². The standard InChI is InChI=1S/C7H8F3N3O/c1-13-3-4(6(11)14)5(12-13)2-7(8,9)10/h3H,2H2,1H3,(H2,11,14). The molecule has 0 aliphatic rings. The number of amides is 1. The molecule has 0 spiro atoms. The Balaban J connectivity index is 3.02. The van der Waals surface area contributed by atoms with Crippen molar-refractivity contribution in [2.45, 2.75) is 12.6 Å². The van der Waals surface area contributed by atoms with Crippen molar-refractivity contribution in [3.8, 4) is 0 Å². The molecule has 1 amide bonds. The number of carbonyl (C=O) groups excluding carboxylic acids is 1. The molecule has 0 bridgehead atoms. The highest BCUT2D eigenvalue weighted by atomic mass is 19.4. The van der Waals surface area contributed by atoms with Crippen molar-refractivity contribution >= 4 is 5.91 Å². The molecule has 0 saturated carbocycles. The summed E-state index contributed by atoms with van der Waals surface area (Å²) in [5.74, 6) is -0.905. The van der Waals surface area contributed by atoms with E-state index in [1.54, 1.807) is 0 Å². The van der Waals surface area contributed by atoms with Gasteiger partial charge in [-0.25, -0.2) is 0 Å². The first-order valence-corrected chi connectivity index (χ1v) is 3.68. The topological polar surface area (TPSA) is 60.9 Å². The van der Waals surface area contributed by atoms with E-state index in [9.17, 15) is 18.0 Å². The first-order valence-electron chi connectivity index (χ1n) is 3.68. The summed E-state index contributed by atoms with van der Waals surface area (Å²) in [6.07, 6.45) is -4.46. The van der Waals surface area contributed by atoms with Crippen LogP contribution in [-0.4, -0.2) is 21.9 Å². The minimum absolute atomic E-state index is 0.190. The maximum atomic E-state index is 12.0. The Morgan fingerprint density at radius 3 is 2.64 bits per heavy atom. The van der Waals surface area contributed by atoms with Gasteiger partial charge in [0.2, 0.25) is 0 Å². The second-order valence-electron chi connectivity index (χ2n) is 2.82. The van der Waals surface area contributed by atoms with Crippen LogP contribution in [0.5, 0.6) is 0 Å². The molecular weight excluding hydrogens is 199 g/mol. The molecule has 4 nitrogen and oxygen atoms in total. The Morgan fingerprint density at radius 1 is 1.64 bits per heavy atom. The fraction of sp³-hybridized carbons (Fsp3) is 0.429. The molecule has 7 heteroatoms. The fourth-order valence-electron chi connectivity index (χ4n) is 1.06. The van der Waals surface area contributed by atoms with Gasteiger partial charge in [-0.15, -0.1) is 0 Å². The summed E-state index contributed by atoms with van der Waals surface area (Å²) in [7, 11) is 1.42. The van der Waals surface area contributed by atoms with E-state index in [4.69, 9.17) is 5.73 Å². The zero-order valence-corrected chi connectivity index (χ0v) is 7.30. The lowest BCUT2D eigenvalue weighted by Crippen LogP contribution is -2.17. The van der Waals surface area contributed by atoms with Crippen molar-refractivity contribution in [3.63, 3.8) is 0 Å². The van der Waals surface area contributed by atoms with Crippen LogP contribution in [0.1, 0.15) is 16.1 Å². The summed E-state index contributed by atoms with van der Waals surface area (Å²) in [6, 6.07) is 0. The summed E-state index contributed by atoms with van der Waals surface area (Å²) in [5.41, 5.74) is 4.36. The summed E-state index contributed by atoms with van der Waals surface area (Å²) in [4.78, 5) is 10.7. The molecule has 0 aliphatic carbocycles. The van der Waals surface area contributed by atoms with Crippen molar-refractivity contribution in [2.75, 3.05) is 0 Å². The SMILES string of the molecule is Cn1cc(C(N)=O)c(CC(F)(F)F)n1. The summed E-state index contributed by atoms with van der Waals surface area (Å²) < 4.78 is 37.1. The predicted octanol–water partition coefficient (Wildman–Crippen LogP) is 0.624. The van der Waals surface area contributed by atoms with E-state index in [-0.39, 0.29) is 11.3 Å². The Morgan fingerprint density at radius 2 is 2.21 bits per heavy atom. The van der Waals surface area contributed by atoms with Gasteiger partial charge >= 0.3 is 6.18 Å². The molecule has 2 N–H and O–H groups in total. The number of nitrogens with two attached hydrogens (primary N) is 1. The van der Waals surface area contributed by atoms with Crippen molar-refractivity contribution in [1.82, 2.24) is 9.78 Å². The molecular formula is C7H8F3N3O. The van der Waals surface area contributed by atoms with Gasteiger partial charge in [0.15, 0.2) is 0 Å². The molecule has 0 aromatic carbocycles. The fourth-order valence-corrected chi connectivity index (χ4v) is 1.06. The quantitative estimate of drug-likeness (QED) is 0.772. The summed E-state index contributed by atoms with van der Waals surface area (Å²) >= 11 is 0. The molecule has 0 unspecified atom stereocenters. The van der Waals surface area contributed by atoms with Gasteiger partial charge in [-0.1, -0.05) is 0 Å². The number of hydrogen-bond acceptors (Lipinski definition) is 2. The lowest BCUT2D eigenvalue weighted by atomic mass is 10.2. The van der Waals surface area contributed by atoms with Crippen LogP contribution >= 0.6 is 0 Å². The molecule has 1 aromatic heterocycles. The molecule has 1 heterocycles. The maximum Gasteiger partial charge on any atom is 0.394 e. The van der Waals surface area contributed by atoms with E-state index in [2.05, 4.69) is 5.10 Å². The number of nitrogens with zero attached hydrogens (tertiary/aromatic N) is 2. The van der Waals surface area contributed by atoms with Crippen LogP contribution < -0.4 is 5.73 Å². The van der Waals surface area contributed by atoms with Crippen molar-refractivity contribution in [2.24, 2.45) is 12.8 Å². The summed E-state index contributed by atoms with van der Waals surface area (Å²) in [6.45, 7) is 0. The average molecular weight is 207 g/mol. The number of halogens is 3. The van der Waals surface area contributed by atoms with E-state index in [1.807, 2.05) is 0 Å². The van der Waals surface area contributed by atoms with Gasteiger partial charge in [-0.3, -0.25) is 9.48 Å². The third-order valence-corrected chi connectivity index (χ3v) is 1.54. The van der Waals surface area contributed by atoms with Crippen LogP contribution in [-0.2, 0) is 13.5 Å². The third kappa shape index (κ3) is 2.48. The molecule has 78 valence electrons. The molecule has 0 saturated heterocycles. The zero-order chi connectivity index (χ0) is 10.9. The van der Waals surface area contributed by atoms with E-state index in [0.29, 0.717) is 0 Å². The third-order valence-electron chi connectivity index (χ3n) is 1.54. The Bertz CT molecular complexity index is 356. The normalized spacial score (nSPS) is 11.7. The van der Waals surface area contributed by atoms with E-state index in [0.717, 1.165) is 4.68 Å². The second-order valence-corrected chi connectivity index (χ2v) is 2.82. The molecule has 0 fully saturated rings. The average Bonchev–Trinajstić information content (AvgIpc) is 2.27. The summed E-state index contributed by atoms with van der Waals surface area (Å²) in [5, 5.41) is 3.51. The first kappa shape index (κ1) is 10.6. The lowest BCUT2D eigenvalue weighted by Gasteiger charge is -2.03. The van der Waals surface area contributed by atoms with Crippen molar-refractivity contribution < 1.29 is 18.0 Å². The molecule has 14 heavy (non-hydrogen) atoms. The highest BCUT2D eigenvalue weighted by Crippen LogP contribution is 2.22. The number of aryl methyl sites for hydroxylation is 1. The molecule has 0 aliphatic heterocycles. The molecule has 0 atom stereocenters.